The molecule has 1 N–H and O–H groups in total. The van der Waals surface area contributed by atoms with Crippen LogP contribution in [0.1, 0.15) is 27.2 Å². The van der Waals surface area contributed by atoms with Crippen LogP contribution in [0, 0.1) is 0 Å². The number of hydrogen-bond acceptors (Lipinski definition) is 3. The highest BCUT2D eigenvalue weighted by molar-refractivity contribution is 5.33. The van der Waals surface area contributed by atoms with Crippen LogP contribution in [-0.4, -0.2) is 34.7 Å². The second-order valence-corrected chi connectivity index (χ2v) is 4.79. The molecule has 0 aromatic carbocycles. The first-order valence-electron chi connectivity index (χ1n) is 6.22. The normalized spacial score (nSPS) is 26.1. The summed E-state index contributed by atoms with van der Waals surface area (Å²) in [4.78, 5) is 6.88. The van der Waals surface area contributed by atoms with Gasteiger partial charge in [-0.2, -0.15) is 0 Å². The number of piperazine rings is 1. The van der Waals surface area contributed by atoms with E-state index in [0.29, 0.717) is 12.1 Å². The molecule has 0 bridgehead atoms. The van der Waals surface area contributed by atoms with Crippen molar-refractivity contribution >= 4 is 5.95 Å². The van der Waals surface area contributed by atoms with Gasteiger partial charge in [-0.3, -0.25) is 0 Å². The summed E-state index contributed by atoms with van der Waals surface area (Å²) in [6.45, 7) is 9.82. The van der Waals surface area contributed by atoms with Crippen molar-refractivity contribution in [2.45, 2.75) is 45.8 Å². The van der Waals surface area contributed by atoms with Gasteiger partial charge in [-0.25, -0.2) is 4.98 Å². The van der Waals surface area contributed by atoms with E-state index in [1.807, 2.05) is 6.20 Å². The van der Waals surface area contributed by atoms with Gasteiger partial charge < -0.3 is 14.8 Å². The first-order chi connectivity index (χ1) is 7.70. The molecule has 90 valence electrons. The average molecular weight is 222 g/mol. The first kappa shape index (κ1) is 11.5. The van der Waals surface area contributed by atoms with Gasteiger partial charge in [-0.05, 0) is 20.3 Å². The Balaban J connectivity index is 2.13. The zero-order valence-corrected chi connectivity index (χ0v) is 10.5. The largest absolute Gasteiger partial charge is 0.339 e. The topological polar surface area (TPSA) is 33.1 Å². The fourth-order valence-corrected chi connectivity index (χ4v) is 2.49. The van der Waals surface area contributed by atoms with E-state index in [9.17, 15) is 0 Å². The van der Waals surface area contributed by atoms with Gasteiger partial charge in [0, 0.05) is 44.1 Å². The minimum atomic E-state index is 0.538. The second-order valence-electron chi connectivity index (χ2n) is 4.79. The SMILES string of the molecule is CCCn1ccnc1N1CC(C)NC(C)C1. The molecule has 2 rings (SSSR count). The lowest BCUT2D eigenvalue weighted by atomic mass is 10.1. The van der Waals surface area contributed by atoms with Crippen LogP contribution in [0.25, 0.3) is 0 Å². The predicted octanol–water partition coefficient (Wildman–Crippen LogP) is 1.48. The first-order valence-corrected chi connectivity index (χ1v) is 6.22. The summed E-state index contributed by atoms with van der Waals surface area (Å²) in [5.41, 5.74) is 0. The quantitative estimate of drug-likeness (QED) is 0.841. The maximum absolute atomic E-state index is 4.49. The molecule has 0 aliphatic carbocycles. The minimum absolute atomic E-state index is 0.538. The highest BCUT2D eigenvalue weighted by Crippen LogP contribution is 2.16. The molecule has 1 aromatic rings. The average Bonchev–Trinajstić information content (AvgIpc) is 2.65. The van der Waals surface area contributed by atoms with Crippen molar-refractivity contribution in [3.8, 4) is 0 Å². The van der Waals surface area contributed by atoms with Gasteiger partial charge in [0.15, 0.2) is 0 Å². The van der Waals surface area contributed by atoms with Crippen molar-refractivity contribution in [1.82, 2.24) is 14.9 Å². The lowest BCUT2D eigenvalue weighted by molar-refractivity contribution is 0.400. The number of nitrogens with one attached hydrogen (secondary N) is 1. The summed E-state index contributed by atoms with van der Waals surface area (Å²) in [5, 5.41) is 3.54. The Bertz CT molecular complexity index is 324. The van der Waals surface area contributed by atoms with Gasteiger partial charge in [-0.1, -0.05) is 6.92 Å². The van der Waals surface area contributed by atoms with Crippen molar-refractivity contribution in [3.05, 3.63) is 12.4 Å². The number of rotatable bonds is 3. The van der Waals surface area contributed by atoms with Crippen LogP contribution >= 0.6 is 0 Å². The van der Waals surface area contributed by atoms with Gasteiger partial charge in [0.2, 0.25) is 5.95 Å². The fourth-order valence-electron chi connectivity index (χ4n) is 2.49. The summed E-state index contributed by atoms with van der Waals surface area (Å²) < 4.78 is 2.25. The summed E-state index contributed by atoms with van der Waals surface area (Å²) >= 11 is 0. The van der Waals surface area contributed by atoms with E-state index >= 15 is 0 Å². The second kappa shape index (κ2) is 4.87. The molecule has 2 atom stereocenters. The summed E-state index contributed by atoms with van der Waals surface area (Å²) in [5.74, 6) is 1.13. The molecule has 16 heavy (non-hydrogen) atoms. The summed E-state index contributed by atoms with van der Waals surface area (Å²) in [6, 6.07) is 1.08. The van der Waals surface area contributed by atoms with Crippen LogP contribution in [0.4, 0.5) is 5.95 Å². The van der Waals surface area contributed by atoms with Crippen molar-refractivity contribution in [2.24, 2.45) is 0 Å². The molecule has 4 heteroatoms. The molecule has 1 aliphatic heterocycles. The Kier molecular flexibility index (Phi) is 3.49. The number of aromatic nitrogens is 2. The van der Waals surface area contributed by atoms with Crippen LogP contribution in [0.3, 0.4) is 0 Å². The highest BCUT2D eigenvalue weighted by atomic mass is 15.3. The molecule has 0 radical (unpaired) electrons. The smallest absolute Gasteiger partial charge is 0.205 e. The van der Waals surface area contributed by atoms with Crippen LogP contribution < -0.4 is 10.2 Å². The molecule has 0 amide bonds. The van der Waals surface area contributed by atoms with E-state index in [1.54, 1.807) is 0 Å². The molecular weight excluding hydrogens is 200 g/mol. The Morgan fingerprint density at radius 3 is 2.69 bits per heavy atom. The van der Waals surface area contributed by atoms with E-state index in [0.717, 1.165) is 32.0 Å². The molecule has 1 aromatic heterocycles. The van der Waals surface area contributed by atoms with E-state index in [-0.39, 0.29) is 0 Å². The monoisotopic (exact) mass is 222 g/mol. The number of nitrogens with zero attached hydrogens (tertiary/aromatic N) is 3. The molecule has 4 nitrogen and oxygen atoms in total. The van der Waals surface area contributed by atoms with Gasteiger partial charge in [0.05, 0.1) is 0 Å². The third-order valence-electron chi connectivity index (χ3n) is 3.00. The Hall–Kier alpha value is -1.03. The molecule has 2 unspecified atom stereocenters. The summed E-state index contributed by atoms with van der Waals surface area (Å²) in [6.07, 6.45) is 5.14. The number of imidazole rings is 1. The van der Waals surface area contributed by atoms with Gasteiger partial charge in [-0.15, -0.1) is 0 Å². The maximum Gasteiger partial charge on any atom is 0.205 e. The third-order valence-corrected chi connectivity index (χ3v) is 3.00. The number of hydrogen-bond donors (Lipinski definition) is 1. The third kappa shape index (κ3) is 2.38. The Morgan fingerprint density at radius 2 is 2.06 bits per heavy atom. The van der Waals surface area contributed by atoms with E-state index < -0.39 is 0 Å². The zero-order chi connectivity index (χ0) is 11.5. The zero-order valence-electron chi connectivity index (χ0n) is 10.5. The number of anilines is 1. The Morgan fingerprint density at radius 1 is 1.38 bits per heavy atom. The van der Waals surface area contributed by atoms with Crippen LogP contribution in [-0.2, 0) is 6.54 Å². The van der Waals surface area contributed by atoms with Crippen LogP contribution in [0.5, 0.6) is 0 Å². The highest BCUT2D eigenvalue weighted by Gasteiger charge is 2.23. The van der Waals surface area contributed by atoms with Crippen molar-refractivity contribution in [1.29, 1.82) is 0 Å². The van der Waals surface area contributed by atoms with E-state index in [4.69, 9.17) is 0 Å². The molecule has 2 heterocycles. The molecule has 1 saturated heterocycles. The van der Waals surface area contributed by atoms with E-state index in [2.05, 4.69) is 46.7 Å². The minimum Gasteiger partial charge on any atom is -0.339 e. The molecule has 0 saturated carbocycles. The maximum atomic E-state index is 4.49. The molecule has 1 aliphatic rings. The van der Waals surface area contributed by atoms with Crippen LogP contribution in [0.15, 0.2) is 12.4 Å². The lowest BCUT2D eigenvalue weighted by Crippen LogP contribution is -2.55. The van der Waals surface area contributed by atoms with Crippen molar-refractivity contribution < 1.29 is 0 Å². The number of aryl methyl sites for hydroxylation is 1. The van der Waals surface area contributed by atoms with Gasteiger partial charge in [0.25, 0.3) is 0 Å². The molecule has 1 fully saturated rings. The standard InChI is InChI=1S/C12H22N4/c1-4-6-15-7-5-13-12(15)16-8-10(2)14-11(3)9-16/h5,7,10-11,14H,4,6,8-9H2,1-3H3. The lowest BCUT2D eigenvalue weighted by Gasteiger charge is -2.36. The molecule has 0 spiro atoms. The van der Waals surface area contributed by atoms with Crippen LogP contribution in [0.2, 0.25) is 0 Å². The molecular formula is C12H22N4. The Labute approximate surface area is 97.7 Å². The van der Waals surface area contributed by atoms with Crippen molar-refractivity contribution in [2.75, 3.05) is 18.0 Å². The van der Waals surface area contributed by atoms with Gasteiger partial charge >= 0.3 is 0 Å². The van der Waals surface area contributed by atoms with Crippen molar-refractivity contribution in [3.63, 3.8) is 0 Å². The van der Waals surface area contributed by atoms with Gasteiger partial charge in [0.1, 0.15) is 0 Å². The van der Waals surface area contributed by atoms with E-state index in [1.165, 1.54) is 0 Å². The predicted molar refractivity (Wildman–Crippen MR) is 66.8 cm³/mol. The fraction of sp³-hybridized carbons (Fsp3) is 0.750. The summed E-state index contributed by atoms with van der Waals surface area (Å²) in [7, 11) is 0.